The summed E-state index contributed by atoms with van der Waals surface area (Å²) in [5, 5.41) is 3.11. The fourth-order valence-electron chi connectivity index (χ4n) is 4.65. The standard InChI is InChI=1S/C26H24N2O2/c29-25-22-11-5-4-10-20(22)21-13-12-19(16-23(21)25)26(30)27-17-24(28-14-6-7-15-28)18-8-2-1-3-9-18/h1-5,8-13,16,24H,6-7,14-15,17H2,(H,27,30)/t24-/m0/s1. The van der Waals surface area contributed by atoms with Crippen LogP contribution in [0, 0.1) is 0 Å². The Morgan fingerprint density at radius 1 is 0.833 bits per heavy atom. The monoisotopic (exact) mass is 396 g/mol. The molecule has 1 amide bonds. The van der Waals surface area contributed by atoms with Crippen LogP contribution in [-0.2, 0) is 0 Å². The third kappa shape index (κ3) is 3.33. The number of likely N-dealkylation sites (tertiary alicyclic amines) is 1. The van der Waals surface area contributed by atoms with Crippen molar-refractivity contribution in [1.29, 1.82) is 0 Å². The summed E-state index contributed by atoms with van der Waals surface area (Å²) < 4.78 is 0. The maximum atomic E-state index is 12.9. The van der Waals surface area contributed by atoms with E-state index in [1.54, 1.807) is 6.07 Å². The molecule has 0 bridgehead atoms. The molecule has 30 heavy (non-hydrogen) atoms. The third-order valence-corrected chi connectivity index (χ3v) is 6.21. The fourth-order valence-corrected chi connectivity index (χ4v) is 4.65. The topological polar surface area (TPSA) is 49.4 Å². The van der Waals surface area contributed by atoms with Gasteiger partial charge < -0.3 is 5.32 Å². The first-order chi connectivity index (χ1) is 14.7. The van der Waals surface area contributed by atoms with E-state index < -0.39 is 0 Å². The second kappa shape index (κ2) is 7.88. The number of fused-ring (bicyclic) bond motifs is 3. The summed E-state index contributed by atoms with van der Waals surface area (Å²) in [6, 6.07) is 23.6. The van der Waals surface area contributed by atoms with Gasteiger partial charge in [-0.15, -0.1) is 0 Å². The average Bonchev–Trinajstić information content (AvgIpc) is 3.42. The lowest BCUT2D eigenvalue weighted by Crippen LogP contribution is -2.36. The molecule has 0 aromatic heterocycles. The molecule has 5 rings (SSSR count). The first kappa shape index (κ1) is 18.8. The van der Waals surface area contributed by atoms with E-state index in [1.165, 1.54) is 18.4 Å². The Hall–Kier alpha value is -3.24. The largest absolute Gasteiger partial charge is 0.350 e. The smallest absolute Gasteiger partial charge is 0.251 e. The van der Waals surface area contributed by atoms with Crippen LogP contribution in [0.4, 0.5) is 0 Å². The van der Waals surface area contributed by atoms with Gasteiger partial charge in [-0.3, -0.25) is 14.5 Å². The molecule has 0 radical (unpaired) electrons. The van der Waals surface area contributed by atoms with E-state index in [1.807, 2.05) is 54.6 Å². The van der Waals surface area contributed by atoms with Gasteiger partial charge in [-0.2, -0.15) is 0 Å². The zero-order chi connectivity index (χ0) is 20.5. The minimum Gasteiger partial charge on any atom is -0.350 e. The summed E-state index contributed by atoms with van der Waals surface area (Å²) >= 11 is 0. The van der Waals surface area contributed by atoms with E-state index >= 15 is 0 Å². The van der Waals surface area contributed by atoms with Crippen molar-refractivity contribution in [3.8, 4) is 11.1 Å². The number of hydrogen-bond acceptors (Lipinski definition) is 3. The second-order valence-corrected chi connectivity index (χ2v) is 8.01. The van der Waals surface area contributed by atoms with Gasteiger partial charge in [0.05, 0.1) is 6.04 Å². The van der Waals surface area contributed by atoms with Gasteiger partial charge in [-0.1, -0.05) is 60.7 Å². The highest BCUT2D eigenvalue weighted by molar-refractivity contribution is 6.22. The minimum atomic E-state index is -0.137. The molecule has 4 heteroatoms. The minimum absolute atomic E-state index is 0.00511. The molecule has 3 aromatic carbocycles. The number of hydrogen-bond donors (Lipinski definition) is 1. The highest BCUT2D eigenvalue weighted by atomic mass is 16.1. The average molecular weight is 396 g/mol. The SMILES string of the molecule is O=C(NC[C@@H](c1ccccc1)N1CCCC1)c1ccc2c(c1)C(=O)c1ccccc1-2. The Balaban J connectivity index is 1.35. The molecular formula is C26H24N2O2. The number of nitrogens with zero attached hydrogens (tertiary/aromatic N) is 1. The van der Waals surface area contributed by atoms with E-state index in [9.17, 15) is 9.59 Å². The quantitative estimate of drug-likeness (QED) is 0.542. The van der Waals surface area contributed by atoms with Crippen LogP contribution in [0.2, 0.25) is 0 Å². The number of rotatable bonds is 5. The lowest BCUT2D eigenvalue weighted by atomic mass is 10.0. The lowest BCUT2D eigenvalue weighted by molar-refractivity contribution is 0.0938. The fraction of sp³-hybridized carbons (Fsp3) is 0.231. The predicted molar refractivity (Wildman–Crippen MR) is 118 cm³/mol. The van der Waals surface area contributed by atoms with E-state index in [-0.39, 0.29) is 17.7 Å². The molecule has 3 aromatic rings. The van der Waals surface area contributed by atoms with Crippen molar-refractivity contribution < 1.29 is 9.59 Å². The summed E-state index contributed by atoms with van der Waals surface area (Å²) in [6.45, 7) is 2.66. The Labute approximate surface area is 176 Å². The van der Waals surface area contributed by atoms with E-state index in [4.69, 9.17) is 0 Å². The second-order valence-electron chi connectivity index (χ2n) is 8.01. The first-order valence-corrected chi connectivity index (χ1v) is 10.6. The van der Waals surface area contributed by atoms with E-state index in [0.717, 1.165) is 24.2 Å². The Kier molecular flexibility index (Phi) is 4.93. The van der Waals surface area contributed by atoms with Crippen molar-refractivity contribution in [3.63, 3.8) is 0 Å². The van der Waals surface area contributed by atoms with E-state index in [0.29, 0.717) is 23.2 Å². The van der Waals surface area contributed by atoms with Crippen molar-refractivity contribution in [1.82, 2.24) is 10.2 Å². The van der Waals surface area contributed by atoms with Crippen molar-refractivity contribution in [3.05, 3.63) is 95.1 Å². The molecule has 4 nitrogen and oxygen atoms in total. The van der Waals surface area contributed by atoms with Crippen LogP contribution in [-0.4, -0.2) is 36.2 Å². The molecule has 150 valence electrons. The van der Waals surface area contributed by atoms with Crippen molar-refractivity contribution in [2.45, 2.75) is 18.9 Å². The van der Waals surface area contributed by atoms with Gasteiger partial charge in [-0.25, -0.2) is 0 Å². The van der Waals surface area contributed by atoms with Crippen molar-refractivity contribution >= 4 is 11.7 Å². The summed E-state index contributed by atoms with van der Waals surface area (Å²) in [5.41, 5.74) is 4.93. The molecule has 1 N–H and O–H groups in total. The van der Waals surface area contributed by atoms with Crippen LogP contribution in [0.3, 0.4) is 0 Å². The number of carbonyl (C=O) groups is 2. The highest BCUT2D eigenvalue weighted by Gasteiger charge is 2.28. The summed E-state index contributed by atoms with van der Waals surface area (Å²) in [4.78, 5) is 28.1. The van der Waals surface area contributed by atoms with Crippen LogP contribution in [0.25, 0.3) is 11.1 Å². The number of amides is 1. The van der Waals surface area contributed by atoms with Crippen molar-refractivity contribution in [2.75, 3.05) is 19.6 Å². The van der Waals surface area contributed by atoms with E-state index in [2.05, 4.69) is 22.3 Å². The number of carbonyl (C=O) groups excluding carboxylic acids is 2. The van der Waals surface area contributed by atoms with Crippen LogP contribution in [0.5, 0.6) is 0 Å². The van der Waals surface area contributed by atoms with Gasteiger partial charge in [0.25, 0.3) is 5.91 Å². The molecule has 1 saturated heterocycles. The Bertz CT molecular complexity index is 1100. The van der Waals surface area contributed by atoms with Gasteiger partial charge in [0.15, 0.2) is 5.78 Å². The van der Waals surface area contributed by atoms with Gasteiger partial charge in [-0.05, 0) is 54.8 Å². The zero-order valence-electron chi connectivity index (χ0n) is 16.8. The van der Waals surface area contributed by atoms with Crippen molar-refractivity contribution in [2.24, 2.45) is 0 Å². The normalized spacial score (nSPS) is 16.2. The highest BCUT2D eigenvalue weighted by Crippen LogP contribution is 2.36. The summed E-state index contributed by atoms with van der Waals surface area (Å²) in [5.74, 6) is -0.142. The van der Waals surface area contributed by atoms with Crippen LogP contribution in [0.1, 0.15) is 50.7 Å². The Morgan fingerprint density at radius 2 is 1.50 bits per heavy atom. The van der Waals surface area contributed by atoms with Gasteiger partial charge in [0.1, 0.15) is 0 Å². The van der Waals surface area contributed by atoms with Gasteiger partial charge in [0.2, 0.25) is 0 Å². The maximum Gasteiger partial charge on any atom is 0.251 e. The molecule has 1 aliphatic carbocycles. The number of benzene rings is 3. The molecule has 1 aliphatic heterocycles. The van der Waals surface area contributed by atoms with Gasteiger partial charge in [0, 0.05) is 23.2 Å². The van der Waals surface area contributed by atoms with Crippen LogP contribution in [0.15, 0.2) is 72.8 Å². The lowest BCUT2D eigenvalue weighted by Gasteiger charge is -2.28. The maximum absolute atomic E-state index is 12.9. The molecule has 1 fully saturated rings. The molecule has 0 saturated carbocycles. The number of ketones is 1. The molecule has 1 atom stereocenters. The first-order valence-electron chi connectivity index (χ1n) is 10.6. The van der Waals surface area contributed by atoms with Crippen LogP contribution < -0.4 is 5.32 Å². The summed E-state index contributed by atoms with van der Waals surface area (Å²) in [6.07, 6.45) is 2.40. The Morgan fingerprint density at radius 3 is 2.27 bits per heavy atom. The number of nitrogens with one attached hydrogen (secondary N) is 1. The molecule has 1 heterocycles. The summed E-state index contributed by atoms with van der Waals surface area (Å²) in [7, 11) is 0. The molecular weight excluding hydrogens is 372 g/mol. The van der Waals surface area contributed by atoms with Crippen LogP contribution >= 0.6 is 0 Å². The zero-order valence-corrected chi connectivity index (χ0v) is 16.8. The molecule has 0 spiro atoms. The predicted octanol–water partition coefficient (Wildman–Crippen LogP) is 4.46. The molecule has 0 unspecified atom stereocenters. The molecule has 2 aliphatic rings. The third-order valence-electron chi connectivity index (χ3n) is 6.21. The van der Waals surface area contributed by atoms with Gasteiger partial charge >= 0.3 is 0 Å².